The number of benzene rings is 1. The predicted octanol–water partition coefficient (Wildman–Crippen LogP) is 3.60. The van der Waals surface area contributed by atoms with Crippen molar-refractivity contribution in [1.29, 1.82) is 0 Å². The standard InChI is InChI=1S/C23H27F2N7O2/c1-14(15-7-9-31(13-15)17-11-21(33-2)29-26-12-17)27-23-28-22-20(4-3-8-32(22)30-23)34-19-6-5-16(24)10-18(19)25/h5-6,10-12,14-15,20H,3-4,7-9,13H2,1-2H3,(H,27,30)/t14?,15?,20-/m1/s1. The van der Waals surface area contributed by atoms with Crippen LogP contribution in [0.4, 0.5) is 20.4 Å². The number of nitrogens with one attached hydrogen (secondary N) is 1. The first kappa shape index (κ1) is 22.3. The van der Waals surface area contributed by atoms with Gasteiger partial charge in [-0.05, 0) is 44.2 Å². The van der Waals surface area contributed by atoms with Gasteiger partial charge >= 0.3 is 0 Å². The van der Waals surface area contributed by atoms with Crippen molar-refractivity contribution in [3.63, 3.8) is 0 Å². The monoisotopic (exact) mass is 471 g/mol. The van der Waals surface area contributed by atoms with E-state index < -0.39 is 17.7 Å². The molecule has 11 heteroatoms. The Labute approximate surface area is 196 Å². The molecule has 0 saturated carbocycles. The lowest BCUT2D eigenvalue weighted by atomic mass is 10.0. The maximum absolute atomic E-state index is 14.1. The third kappa shape index (κ3) is 4.59. The van der Waals surface area contributed by atoms with Gasteiger partial charge in [0.15, 0.2) is 23.5 Å². The number of nitrogens with zero attached hydrogens (tertiary/aromatic N) is 6. The number of methoxy groups -OCH3 is 1. The second-order valence-corrected chi connectivity index (χ2v) is 8.72. The van der Waals surface area contributed by atoms with E-state index in [-0.39, 0.29) is 11.8 Å². The van der Waals surface area contributed by atoms with Gasteiger partial charge in [0.05, 0.1) is 19.0 Å². The number of ether oxygens (including phenoxy) is 2. The molecule has 2 aromatic heterocycles. The summed E-state index contributed by atoms with van der Waals surface area (Å²) in [4.78, 5) is 6.93. The van der Waals surface area contributed by atoms with E-state index in [1.165, 1.54) is 12.1 Å². The lowest BCUT2D eigenvalue weighted by Gasteiger charge is -2.23. The Morgan fingerprint density at radius 3 is 2.88 bits per heavy atom. The Morgan fingerprint density at radius 2 is 2.06 bits per heavy atom. The normalized spacial score (nSPS) is 20.6. The van der Waals surface area contributed by atoms with Crippen molar-refractivity contribution in [3.8, 4) is 11.6 Å². The van der Waals surface area contributed by atoms with Gasteiger partial charge in [0.2, 0.25) is 11.8 Å². The van der Waals surface area contributed by atoms with Crippen LogP contribution >= 0.6 is 0 Å². The van der Waals surface area contributed by atoms with Crippen molar-refractivity contribution in [2.75, 3.05) is 30.4 Å². The topological polar surface area (TPSA) is 90.2 Å². The average molecular weight is 472 g/mol. The molecule has 0 bridgehead atoms. The first-order chi connectivity index (χ1) is 16.5. The first-order valence-corrected chi connectivity index (χ1v) is 11.4. The van der Waals surface area contributed by atoms with Crippen LogP contribution in [0.5, 0.6) is 11.6 Å². The quantitative estimate of drug-likeness (QED) is 0.559. The van der Waals surface area contributed by atoms with Crippen molar-refractivity contribution >= 4 is 11.6 Å². The highest BCUT2D eigenvalue weighted by atomic mass is 19.1. The highest BCUT2D eigenvalue weighted by Crippen LogP contribution is 2.32. The summed E-state index contributed by atoms with van der Waals surface area (Å²) in [6.07, 6.45) is 3.84. The van der Waals surface area contributed by atoms with Crippen molar-refractivity contribution < 1.29 is 18.3 Å². The van der Waals surface area contributed by atoms with Crippen LogP contribution in [0, 0.1) is 17.6 Å². The molecule has 5 rings (SSSR count). The molecule has 4 heterocycles. The van der Waals surface area contributed by atoms with Crippen LogP contribution in [0.2, 0.25) is 0 Å². The smallest absolute Gasteiger partial charge is 0.242 e. The van der Waals surface area contributed by atoms with E-state index in [1.54, 1.807) is 18.0 Å². The molecule has 180 valence electrons. The number of halogens is 2. The number of hydrogen-bond acceptors (Lipinski definition) is 8. The maximum Gasteiger partial charge on any atom is 0.242 e. The molecule has 1 N–H and O–H groups in total. The first-order valence-electron chi connectivity index (χ1n) is 11.4. The van der Waals surface area contributed by atoms with Gasteiger partial charge in [-0.15, -0.1) is 10.2 Å². The number of aryl methyl sites for hydroxylation is 1. The van der Waals surface area contributed by atoms with Crippen LogP contribution in [-0.4, -0.2) is 51.2 Å². The molecule has 3 atom stereocenters. The molecule has 0 spiro atoms. The van der Waals surface area contributed by atoms with Gasteiger partial charge in [-0.3, -0.25) is 0 Å². The molecule has 1 saturated heterocycles. The third-order valence-corrected chi connectivity index (χ3v) is 6.47. The van der Waals surface area contributed by atoms with E-state index in [4.69, 9.17) is 9.47 Å². The Balaban J connectivity index is 1.24. The van der Waals surface area contributed by atoms with Crippen molar-refractivity contribution in [1.82, 2.24) is 25.0 Å². The summed E-state index contributed by atoms with van der Waals surface area (Å²) in [7, 11) is 1.58. The summed E-state index contributed by atoms with van der Waals surface area (Å²) in [5.74, 6) is 0.713. The largest absolute Gasteiger partial charge is 0.480 e. The van der Waals surface area contributed by atoms with Crippen molar-refractivity contribution in [2.45, 2.75) is 44.9 Å². The number of fused-ring (bicyclic) bond motifs is 1. The highest BCUT2D eigenvalue weighted by molar-refractivity contribution is 5.47. The molecule has 0 aliphatic carbocycles. The fourth-order valence-corrected chi connectivity index (χ4v) is 4.57. The zero-order valence-electron chi connectivity index (χ0n) is 19.1. The molecule has 1 fully saturated rings. The van der Waals surface area contributed by atoms with Gasteiger partial charge in [0, 0.05) is 37.8 Å². The zero-order valence-corrected chi connectivity index (χ0v) is 19.1. The van der Waals surface area contributed by atoms with Crippen molar-refractivity contribution in [3.05, 3.63) is 47.9 Å². The molecule has 2 aliphatic heterocycles. The minimum Gasteiger partial charge on any atom is -0.480 e. The Morgan fingerprint density at radius 1 is 1.18 bits per heavy atom. The van der Waals surface area contributed by atoms with E-state index in [0.29, 0.717) is 30.0 Å². The summed E-state index contributed by atoms with van der Waals surface area (Å²) >= 11 is 0. The van der Waals surface area contributed by atoms with E-state index in [9.17, 15) is 8.78 Å². The van der Waals surface area contributed by atoms with Gasteiger partial charge < -0.3 is 19.7 Å². The van der Waals surface area contributed by atoms with E-state index in [0.717, 1.165) is 44.2 Å². The summed E-state index contributed by atoms with van der Waals surface area (Å²) in [5, 5.41) is 16.0. The molecule has 34 heavy (non-hydrogen) atoms. The maximum atomic E-state index is 14.1. The third-order valence-electron chi connectivity index (χ3n) is 6.47. The molecule has 1 aromatic carbocycles. The lowest BCUT2D eigenvalue weighted by molar-refractivity contribution is 0.149. The van der Waals surface area contributed by atoms with Gasteiger partial charge in [0.1, 0.15) is 5.82 Å². The Bertz CT molecular complexity index is 1160. The van der Waals surface area contributed by atoms with Crippen LogP contribution in [0.1, 0.15) is 38.1 Å². The summed E-state index contributed by atoms with van der Waals surface area (Å²) < 4.78 is 40.2. The number of hydrogen-bond donors (Lipinski definition) is 1. The van der Waals surface area contributed by atoms with Crippen LogP contribution in [0.3, 0.4) is 0 Å². The fraction of sp³-hybridized carbons (Fsp3) is 0.478. The predicted molar refractivity (Wildman–Crippen MR) is 121 cm³/mol. The number of rotatable bonds is 7. The van der Waals surface area contributed by atoms with Gasteiger partial charge in [-0.1, -0.05) is 0 Å². The highest BCUT2D eigenvalue weighted by Gasteiger charge is 2.31. The Kier molecular flexibility index (Phi) is 6.16. The number of anilines is 2. The minimum absolute atomic E-state index is 0.0130. The molecular weight excluding hydrogens is 444 g/mol. The minimum atomic E-state index is -0.726. The SMILES string of the molecule is COc1cc(N2CCC(C(C)Nc3nc4n(n3)CCC[C@H]4Oc3ccc(F)cc3F)C2)cnn1. The van der Waals surface area contributed by atoms with Crippen LogP contribution < -0.4 is 19.7 Å². The second-order valence-electron chi connectivity index (χ2n) is 8.72. The molecule has 0 amide bonds. The van der Waals surface area contributed by atoms with E-state index in [2.05, 4.69) is 37.4 Å². The van der Waals surface area contributed by atoms with Crippen LogP contribution in [-0.2, 0) is 6.54 Å². The molecule has 2 unspecified atom stereocenters. The fourth-order valence-electron chi connectivity index (χ4n) is 4.57. The van der Waals surface area contributed by atoms with E-state index >= 15 is 0 Å². The number of aromatic nitrogens is 5. The molecule has 3 aromatic rings. The zero-order chi connectivity index (χ0) is 23.7. The lowest BCUT2D eigenvalue weighted by Crippen LogP contribution is -2.29. The molecule has 9 nitrogen and oxygen atoms in total. The summed E-state index contributed by atoms with van der Waals surface area (Å²) in [6.45, 7) is 4.63. The van der Waals surface area contributed by atoms with Crippen LogP contribution in [0.25, 0.3) is 0 Å². The van der Waals surface area contributed by atoms with Crippen molar-refractivity contribution in [2.24, 2.45) is 5.92 Å². The summed E-state index contributed by atoms with van der Waals surface area (Å²) in [6, 6.07) is 5.34. The Hall–Kier alpha value is -3.50. The second kappa shape index (κ2) is 9.40. The molecule has 2 aliphatic rings. The van der Waals surface area contributed by atoms with E-state index in [1.807, 2.05) is 6.07 Å². The molecule has 0 radical (unpaired) electrons. The van der Waals surface area contributed by atoms with Gasteiger partial charge in [-0.25, -0.2) is 13.5 Å². The van der Waals surface area contributed by atoms with Gasteiger partial charge in [-0.2, -0.15) is 10.1 Å². The average Bonchev–Trinajstić information content (AvgIpc) is 3.49. The van der Waals surface area contributed by atoms with Gasteiger partial charge in [0.25, 0.3) is 0 Å². The van der Waals surface area contributed by atoms with Crippen LogP contribution in [0.15, 0.2) is 30.5 Å². The summed E-state index contributed by atoms with van der Waals surface area (Å²) in [5.41, 5.74) is 0.991. The molecular formula is C23H27F2N7O2.